The standard InChI is InChI=1S/C17H24Cl2O/c1-2-5-13-6-4-10-17(20,11-9-13)12-14-7-3-8-15(18)16(14)19/h3,7-8,13,20H,2,4-6,9-12H2,1H3. The lowest BCUT2D eigenvalue weighted by molar-refractivity contribution is 0.0241. The Kier molecular flexibility index (Phi) is 5.77. The van der Waals surface area contributed by atoms with Gasteiger partial charge >= 0.3 is 0 Å². The van der Waals surface area contributed by atoms with Crippen LogP contribution in [0.4, 0.5) is 0 Å². The molecule has 0 spiro atoms. The topological polar surface area (TPSA) is 20.2 Å². The van der Waals surface area contributed by atoms with E-state index in [1.807, 2.05) is 12.1 Å². The van der Waals surface area contributed by atoms with Gasteiger partial charge in [-0.3, -0.25) is 0 Å². The van der Waals surface area contributed by atoms with Gasteiger partial charge in [0.15, 0.2) is 0 Å². The summed E-state index contributed by atoms with van der Waals surface area (Å²) in [6.07, 6.45) is 8.38. The first kappa shape index (κ1) is 16.1. The van der Waals surface area contributed by atoms with Crippen LogP contribution in [0.1, 0.15) is 57.4 Å². The van der Waals surface area contributed by atoms with Crippen molar-refractivity contribution in [3.05, 3.63) is 33.8 Å². The third-order valence-corrected chi connectivity index (χ3v) is 5.38. The summed E-state index contributed by atoms with van der Waals surface area (Å²) in [7, 11) is 0. The summed E-state index contributed by atoms with van der Waals surface area (Å²) in [5, 5.41) is 12.1. The molecule has 20 heavy (non-hydrogen) atoms. The summed E-state index contributed by atoms with van der Waals surface area (Å²) >= 11 is 12.3. The van der Waals surface area contributed by atoms with Crippen LogP contribution in [0.5, 0.6) is 0 Å². The van der Waals surface area contributed by atoms with E-state index in [9.17, 15) is 5.11 Å². The predicted molar refractivity (Wildman–Crippen MR) is 86.6 cm³/mol. The molecule has 0 heterocycles. The van der Waals surface area contributed by atoms with Crippen LogP contribution in [-0.2, 0) is 6.42 Å². The van der Waals surface area contributed by atoms with Crippen molar-refractivity contribution in [2.75, 3.05) is 0 Å². The Labute approximate surface area is 132 Å². The molecule has 1 aliphatic rings. The number of aliphatic hydroxyl groups is 1. The molecule has 0 saturated heterocycles. The van der Waals surface area contributed by atoms with Gasteiger partial charge in [-0.15, -0.1) is 0 Å². The van der Waals surface area contributed by atoms with Crippen molar-refractivity contribution in [1.82, 2.24) is 0 Å². The maximum absolute atomic E-state index is 10.9. The molecule has 112 valence electrons. The molecule has 3 heteroatoms. The van der Waals surface area contributed by atoms with Gasteiger partial charge in [0.25, 0.3) is 0 Å². The first-order chi connectivity index (χ1) is 9.54. The molecule has 1 N–H and O–H groups in total. The Morgan fingerprint density at radius 1 is 1.25 bits per heavy atom. The maximum atomic E-state index is 10.9. The van der Waals surface area contributed by atoms with Crippen LogP contribution in [0.2, 0.25) is 10.0 Å². The zero-order valence-corrected chi connectivity index (χ0v) is 13.7. The number of hydrogen-bond acceptors (Lipinski definition) is 1. The molecular formula is C17H24Cl2O. The van der Waals surface area contributed by atoms with E-state index >= 15 is 0 Å². The van der Waals surface area contributed by atoms with Gasteiger partial charge in [-0.05, 0) is 36.8 Å². The van der Waals surface area contributed by atoms with E-state index in [-0.39, 0.29) is 0 Å². The molecule has 1 fully saturated rings. The van der Waals surface area contributed by atoms with Gasteiger partial charge in [0.1, 0.15) is 0 Å². The van der Waals surface area contributed by atoms with Crippen molar-refractivity contribution >= 4 is 23.2 Å². The predicted octanol–water partition coefficient (Wildman–Crippen LogP) is 5.65. The molecule has 2 rings (SSSR count). The Bertz CT molecular complexity index is 447. The average Bonchev–Trinajstić information content (AvgIpc) is 2.59. The zero-order chi connectivity index (χ0) is 14.6. The highest BCUT2D eigenvalue weighted by Crippen LogP contribution is 2.37. The number of hydrogen-bond donors (Lipinski definition) is 1. The van der Waals surface area contributed by atoms with Gasteiger partial charge in [0.05, 0.1) is 15.6 Å². The van der Waals surface area contributed by atoms with Crippen LogP contribution in [0.3, 0.4) is 0 Å². The number of rotatable bonds is 4. The van der Waals surface area contributed by atoms with E-state index in [2.05, 4.69) is 6.92 Å². The second-order valence-corrected chi connectivity index (χ2v) is 6.98. The van der Waals surface area contributed by atoms with Gasteiger partial charge in [-0.25, -0.2) is 0 Å². The highest BCUT2D eigenvalue weighted by molar-refractivity contribution is 6.42. The second kappa shape index (κ2) is 7.15. The van der Waals surface area contributed by atoms with Gasteiger partial charge < -0.3 is 5.11 Å². The van der Waals surface area contributed by atoms with Crippen molar-refractivity contribution in [2.24, 2.45) is 5.92 Å². The highest BCUT2D eigenvalue weighted by atomic mass is 35.5. The largest absolute Gasteiger partial charge is 0.390 e. The quantitative estimate of drug-likeness (QED) is 0.712. The molecule has 2 unspecified atom stereocenters. The molecule has 1 aromatic carbocycles. The Morgan fingerprint density at radius 2 is 2.05 bits per heavy atom. The van der Waals surface area contributed by atoms with Gasteiger partial charge in [0, 0.05) is 6.42 Å². The summed E-state index contributed by atoms with van der Waals surface area (Å²) < 4.78 is 0. The third-order valence-electron chi connectivity index (χ3n) is 4.52. The molecule has 0 aromatic heterocycles. The molecule has 1 saturated carbocycles. The minimum Gasteiger partial charge on any atom is -0.390 e. The minimum absolute atomic E-state index is 0.574. The first-order valence-electron chi connectivity index (χ1n) is 7.69. The fraction of sp³-hybridized carbons (Fsp3) is 0.647. The van der Waals surface area contributed by atoms with Crippen molar-refractivity contribution in [3.8, 4) is 0 Å². The summed E-state index contributed by atoms with van der Waals surface area (Å²) in [5.74, 6) is 0.781. The normalized spacial score (nSPS) is 27.3. The van der Waals surface area contributed by atoms with E-state index in [4.69, 9.17) is 23.2 Å². The van der Waals surface area contributed by atoms with Crippen LogP contribution >= 0.6 is 23.2 Å². The van der Waals surface area contributed by atoms with Gasteiger partial charge in [0.2, 0.25) is 0 Å². The third kappa shape index (κ3) is 4.13. The first-order valence-corrected chi connectivity index (χ1v) is 8.45. The molecule has 2 atom stereocenters. The summed E-state index contributed by atoms with van der Waals surface area (Å²) in [6.45, 7) is 2.24. The molecule has 0 radical (unpaired) electrons. The molecular weight excluding hydrogens is 291 g/mol. The van der Waals surface area contributed by atoms with Crippen molar-refractivity contribution in [2.45, 2.75) is 63.9 Å². The fourth-order valence-corrected chi connectivity index (χ4v) is 3.76. The molecule has 1 aromatic rings. The van der Waals surface area contributed by atoms with E-state index < -0.39 is 5.60 Å². The van der Waals surface area contributed by atoms with Crippen LogP contribution in [-0.4, -0.2) is 10.7 Å². The summed E-state index contributed by atoms with van der Waals surface area (Å²) in [4.78, 5) is 0. The van der Waals surface area contributed by atoms with Crippen LogP contribution in [0, 0.1) is 5.92 Å². The fourth-order valence-electron chi connectivity index (χ4n) is 3.38. The molecule has 1 aliphatic carbocycles. The lowest BCUT2D eigenvalue weighted by Crippen LogP contribution is -2.30. The minimum atomic E-state index is -0.614. The zero-order valence-electron chi connectivity index (χ0n) is 12.2. The van der Waals surface area contributed by atoms with E-state index in [0.29, 0.717) is 16.5 Å². The second-order valence-electron chi connectivity index (χ2n) is 6.20. The molecule has 0 bridgehead atoms. The van der Waals surface area contributed by atoms with Crippen molar-refractivity contribution in [3.63, 3.8) is 0 Å². The van der Waals surface area contributed by atoms with E-state index in [1.54, 1.807) is 6.07 Å². The molecule has 1 nitrogen and oxygen atoms in total. The lowest BCUT2D eigenvalue weighted by atomic mass is 9.86. The molecule has 0 amide bonds. The van der Waals surface area contributed by atoms with E-state index in [1.165, 1.54) is 19.3 Å². The number of benzene rings is 1. The van der Waals surface area contributed by atoms with Crippen molar-refractivity contribution < 1.29 is 5.11 Å². The van der Waals surface area contributed by atoms with Crippen LogP contribution < -0.4 is 0 Å². The maximum Gasteiger partial charge on any atom is 0.0688 e. The van der Waals surface area contributed by atoms with Crippen molar-refractivity contribution in [1.29, 1.82) is 0 Å². The Balaban J connectivity index is 2.05. The van der Waals surface area contributed by atoms with Gasteiger partial charge in [-0.2, -0.15) is 0 Å². The average molecular weight is 315 g/mol. The molecule has 0 aliphatic heterocycles. The monoisotopic (exact) mass is 314 g/mol. The summed E-state index contributed by atoms with van der Waals surface area (Å²) in [6, 6.07) is 5.67. The highest BCUT2D eigenvalue weighted by Gasteiger charge is 2.31. The van der Waals surface area contributed by atoms with Crippen LogP contribution in [0.15, 0.2) is 18.2 Å². The smallest absolute Gasteiger partial charge is 0.0688 e. The number of halogens is 2. The van der Waals surface area contributed by atoms with E-state index in [0.717, 1.165) is 37.2 Å². The summed E-state index contributed by atoms with van der Waals surface area (Å²) in [5.41, 5.74) is 0.354. The Morgan fingerprint density at radius 3 is 2.80 bits per heavy atom. The Hall–Kier alpha value is -0.240. The SMILES string of the molecule is CCCC1CCCC(O)(Cc2cccc(Cl)c2Cl)CC1. The van der Waals surface area contributed by atoms with Crippen LogP contribution in [0.25, 0.3) is 0 Å². The lowest BCUT2D eigenvalue weighted by Gasteiger charge is -2.27. The van der Waals surface area contributed by atoms with Gasteiger partial charge in [-0.1, -0.05) is 67.9 Å².